The van der Waals surface area contributed by atoms with Gasteiger partial charge in [0, 0.05) is 25.6 Å². The first-order valence-electron chi connectivity index (χ1n) is 6.92. The van der Waals surface area contributed by atoms with E-state index < -0.39 is 11.8 Å². The monoisotopic (exact) mass is 295 g/mol. The Kier molecular flexibility index (Phi) is 5.14. The van der Waals surface area contributed by atoms with Crippen LogP contribution in [0, 0.1) is 11.7 Å². The van der Waals surface area contributed by atoms with Crippen LogP contribution in [-0.4, -0.2) is 41.6 Å². The highest BCUT2D eigenvalue weighted by molar-refractivity contribution is 5.78. The molecule has 1 aromatic carbocycles. The molecule has 1 aliphatic heterocycles. The quantitative estimate of drug-likeness (QED) is 0.901. The molecule has 1 atom stereocenters. The highest BCUT2D eigenvalue weighted by atomic mass is 19.1. The summed E-state index contributed by atoms with van der Waals surface area (Å²) in [5, 5.41) is 8.80. The van der Waals surface area contributed by atoms with Gasteiger partial charge in [0.1, 0.15) is 11.6 Å². The van der Waals surface area contributed by atoms with Crippen LogP contribution in [-0.2, 0) is 9.59 Å². The summed E-state index contributed by atoms with van der Waals surface area (Å²) in [6.07, 6.45) is 1.69. The van der Waals surface area contributed by atoms with Gasteiger partial charge in [0.15, 0.2) is 6.61 Å². The number of carbonyl (C=O) groups excluding carboxylic acids is 1. The number of hydrogen-bond acceptors (Lipinski definition) is 3. The maximum atomic E-state index is 13.0. The maximum absolute atomic E-state index is 13.0. The van der Waals surface area contributed by atoms with Gasteiger partial charge in [-0.3, -0.25) is 9.59 Å². The summed E-state index contributed by atoms with van der Waals surface area (Å²) in [6, 6.07) is 5.62. The molecule has 0 saturated carbocycles. The Morgan fingerprint density at radius 2 is 2.24 bits per heavy atom. The zero-order valence-electron chi connectivity index (χ0n) is 11.6. The zero-order valence-corrected chi connectivity index (χ0v) is 11.6. The van der Waals surface area contributed by atoms with Crippen molar-refractivity contribution in [3.05, 3.63) is 30.1 Å². The number of aliphatic carboxylic acids is 1. The third kappa shape index (κ3) is 4.73. The minimum Gasteiger partial charge on any atom is -0.484 e. The molecular formula is C15H18FNO4. The van der Waals surface area contributed by atoms with E-state index in [1.54, 1.807) is 11.0 Å². The van der Waals surface area contributed by atoms with Gasteiger partial charge in [0.25, 0.3) is 5.91 Å². The standard InChI is InChI=1S/C15H18FNO4/c16-12-4-1-5-13(8-12)21-10-14(18)17-6-2-3-11(9-17)7-15(19)20/h1,4-5,8,11H,2-3,6-7,9-10H2,(H,19,20). The number of carboxylic acids is 1. The second kappa shape index (κ2) is 7.06. The predicted molar refractivity (Wildman–Crippen MR) is 73.5 cm³/mol. The molecule has 1 aromatic rings. The van der Waals surface area contributed by atoms with E-state index in [0.29, 0.717) is 18.8 Å². The Morgan fingerprint density at radius 1 is 1.43 bits per heavy atom. The molecule has 0 aliphatic carbocycles. The van der Waals surface area contributed by atoms with Gasteiger partial charge >= 0.3 is 5.97 Å². The number of hydrogen-bond donors (Lipinski definition) is 1. The molecule has 1 amide bonds. The van der Waals surface area contributed by atoms with E-state index in [-0.39, 0.29) is 24.9 Å². The first-order chi connectivity index (χ1) is 10.0. The van der Waals surface area contributed by atoms with Crippen LogP contribution in [0.2, 0.25) is 0 Å². The lowest BCUT2D eigenvalue weighted by Gasteiger charge is -2.32. The predicted octanol–water partition coefficient (Wildman–Crippen LogP) is 1.92. The number of halogens is 1. The molecule has 0 aromatic heterocycles. The van der Waals surface area contributed by atoms with Crippen LogP contribution in [0.1, 0.15) is 19.3 Å². The smallest absolute Gasteiger partial charge is 0.303 e. The van der Waals surface area contributed by atoms with Crippen LogP contribution < -0.4 is 4.74 Å². The number of piperidine rings is 1. The summed E-state index contributed by atoms with van der Waals surface area (Å²) in [5.41, 5.74) is 0. The van der Waals surface area contributed by atoms with Gasteiger partial charge in [-0.2, -0.15) is 0 Å². The zero-order chi connectivity index (χ0) is 15.2. The summed E-state index contributed by atoms with van der Waals surface area (Å²) in [7, 11) is 0. The Morgan fingerprint density at radius 3 is 2.95 bits per heavy atom. The highest BCUT2D eigenvalue weighted by Gasteiger charge is 2.25. The molecule has 114 valence electrons. The average molecular weight is 295 g/mol. The Labute approximate surface area is 122 Å². The lowest BCUT2D eigenvalue weighted by Crippen LogP contribution is -2.42. The number of carbonyl (C=O) groups is 2. The van der Waals surface area contributed by atoms with Gasteiger partial charge in [0.05, 0.1) is 0 Å². The molecule has 1 unspecified atom stereocenters. The molecular weight excluding hydrogens is 277 g/mol. The van der Waals surface area contributed by atoms with Crippen LogP contribution >= 0.6 is 0 Å². The van der Waals surface area contributed by atoms with E-state index in [9.17, 15) is 14.0 Å². The number of ether oxygens (including phenoxy) is 1. The van der Waals surface area contributed by atoms with E-state index in [1.807, 2.05) is 0 Å². The molecule has 1 heterocycles. The molecule has 1 saturated heterocycles. The van der Waals surface area contributed by atoms with Crippen LogP contribution in [0.3, 0.4) is 0 Å². The fourth-order valence-electron chi connectivity index (χ4n) is 2.50. The summed E-state index contributed by atoms with van der Waals surface area (Å²) >= 11 is 0. The Bertz CT molecular complexity index is 520. The number of rotatable bonds is 5. The first kappa shape index (κ1) is 15.3. The van der Waals surface area contributed by atoms with E-state index in [2.05, 4.69) is 0 Å². The highest BCUT2D eigenvalue weighted by Crippen LogP contribution is 2.20. The number of benzene rings is 1. The average Bonchev–Trinajstić information content (AvgIpc) is 2.44. The Balaban J connectivity index is 1.83. The fraction of sp³-hybridized carbons (Fsp3) is 0.467. The van der Waals surface area contributed by atoms with E-state index in [0.717, 1.165) is 12.8 Å². The largest absolute Gasteiger partial charge is 0.484 e. The van der Waals surface area contributed by atoms with Crippen molar-refractivity contribution in [1.29, 1.82) is 0 Å². The second-order valence-electron chi connectivity index (χ2n) is 5.19. The van der Waals surface area contributed by atoms with E-state index >= 15 is 0 Å². The molecule has 5 nitrogen and oxygen atoms in total. The molecule has 1 fully saturated rings. The summed E-state index contributed by atoms with van der Waals surface area (Å²) in [6.45, 7) is 0.891. The number of likely N-dealkylation sites (tertiary alicyclic amines) is 1. The lowest BCUT2D eigenvalue weighted by atomic mass is 9.95. The minimum absolute atomic E-state index is 0.00521. The summed E-state index contributed by atoms with van der Waals surface area (Å²) in [5.74, 6) is -1.16. The van der Waals surface area contributed by atoms with Crippen LogP contribution in [0.5, 0.6) is 5.75 Å². The van der Waals surface area contributed by atoms with Crippen molar-refractivity contribution in [2.75, 3.05) is 19.7 Å². The molecule has 1 aliphatic rings. The maximum Gasteiger partial charge on any atom is 0.303 e. The summed E-state index contributed by atoms with van der Waals surface area (Å²) < 4.78 is 18.3. The van der Waals surface area contributed by atoms with Crippen molar-refractivity contribution in [3.63, 3.8) is 0 Å². The van der Waals surface area contributed by atoms with E-state index in [1.165, 1.54) is 18.2 Å². The van der Waals surface area contributed by atoms with Gasteiger partial charge in [-0.15, -0.1) is 0 Å². The lowest BCUT2D eigenvalue weighted by molar-refractivity contribution is -0.141. The molecule has 2 rings (SSSR count). The van der Waals surface area contributed by atoms with Crippen molar-refractivity contribution >= 4 is 11.9 Å². The molecule has 21 heavy (non-hydrogen) atoms. The molecule has 0 bridgehead atoms. The van der Waals surface area contributed by atoms with Crippen molar-refractivity contribution in [1.82, 2.24) is 4.90 Å². The van der Waals surface area contributed by atoms with Gasteiger partial charge in [-0.25, -0.2) is 4.39 Å². The van der Waals surface area contributed by atoms with Gasteiger partial charge in [0.2, 0.25) is 0 Å². The molecule has 0 radical (unpaired) electrons. The Hall–Kier alpha value is -2.11. The fourth-order valence-corrected chi connectivity index (χ4v) is 2.50. The van der Waals surface area contributed by atoms with Crippen molar-refractivity contribution in [2.24, 2.45) is 5.92 Å². The van der Waals surface area contributed by atoms with Crippen molar-refractivity contribution in [2.45, 2.75) is 19.3 Å². The van der Waals surface area contributed by atoms with Crippen LogP contribution in [0.25, 0.3) is 0 Å². The second-order valence-corrected chi connectivity index (χ2v) is 5.19. The number of amides is 1. The number of carboxylic acid groups (broad SMARTS) is 1. The van der Waals surface area contributed by atoms with Gasteiger partial charge in [-0.05, 0) is 30.9 Å². The molecule has 0 spiro atoms. The first-order valence-corrected chi connectivity index (χ1v) is 6.92. The number of nitrogens with zero attached hydrogens (tertiary/aromatic N) is 1. The van der Waals surface area contributed by atoms with Crippen LogP contribution in [0.15, 0.2) is 24.3 Å². The van der Waals surface area contributed by atoms with Gasteiger partial charge in [-0.1, -0.05) is 6.07 Å². The van der Waals surface area contributed by atoms with Crippen molar-refractivity contribution in [3.8, 4) is 5.75 Å². The molecule has 1 N–H and O–H groups in total. The van der Waals surface area contributed by atoms with Crippen LogP contribution in [0.4, 0.5) is 4.39 Å². The third-order valence-electron chi connectivity index (χ3n) is 3.49. The van der Waals surface area contributed by atoms with E-state index in [4.69, 9.17) is 9.84 Å². The van der Waals surface area contributed by atoms with Crippen molar-refractivity contribution < 1.29 is 23.8 Å². The van der Waals surface area contributed by atoms with Gasteiger partial charge < -0.3 is 14.7 Å². The minimum atomic E-state index is -0.842. The summed E-state index contributed by atoms with van der Waals surface area (Å²) in [4.78, 5) is 24.4. The third-order valence-corrected chi connectivity index (χ3v) is 3.49. The topological polar surface area (TPSA) is 66.8 Å². The normalized spacial score (nSPS) is 18.3. The molecule has 6 heteroatoms. The SMILES string of the molecule is O=C(O)CC1CCCN(C(=O)COc2cccc(F)c2)C1.